The van der Waals surface area contributed by atoms with Gasteiger partial charge in [0.2, 0.25) is 0 Å². The third-order valence-electron chi connectivity index (χ3n) is 3.49. The summed E-state index contributed by atoms with van der Waals surface area (Å²) < 4.78 is 38.6. The van der Waals surface area contributed by atoms with E-state index in [4.69, 9.17) is 11.6 Å². The number of amides is 1. The van der Waals surface area contributed by atoms with Gasteiger partial charge in [-0.25, -0.2) is 9.97 Å². The van der Waals surface area contributed by atoms with Crippen molar-refractivity contribution in [3.63, 3.8) is 0 Å². The molecule has 5 nitrogen and oxygen atoms in total. The Morgan fingerprint density at radius 3 is 2.58 bits per heavy atom. The lowest BCUT2D eigenvalue weighted by Crippen LogP contribution is -2.25. The van der Waals surface area contributed by atoms with Crippen LogP contribution in [0.2, 0.25) is 5.02 Å². The minimum absolute atomic E-state index is 0.138. The number of aromatic nitrogens is 2. The Balaban J connectivity index is 2.02. The Hall–Kier alpha value is -2.35. The predicted molar refractivity (Wildman–Crippen MR) is 93.6 cm³/mol. The van der Waals surface area contributed by atoms with Crippen molar-refractivity contribution in [2.45, 2.75) is 32.4 Å². The molecule has 0 saturated carbocycles. The smallest absolute Gasteiger partial charge is 0.351 e. The van der Waals surface area contributed by atoms with Gasteiger partial charge in [0.25, 0.3) is 5.91 Å². The number of carbonyl (C=O) groups excluding carboxylic acids is 1. The van der Waals surface area contributed by atoms with Crippen LogP contribution in [0.3, 0.4) is 0 Å². The summed E-state index contributed by atoms with van der Waals surface area (Å²) in [6, 6.07) is 3.43. The predicted octanol–water partition coefficient (Wildman–Crippen LogP) is 4.81. The number of benzene rings is 1. The molecule has 0 aliphatic carbocycles. The first-order valence-corrected chi connectivity index (χ1v) is 8.43. The van der Waals surface area contributed by atoms with Gasteiger partial charge in [0.1, 0.15) is 11.5 Å². The van der Waals surface area contributed by atoms with Crippen LogP contribution in [0.5, 0.6) is 0 Å². The summed E-state index contributed by atoms with van der Waals surface area (Å²) in [5, 5.41) is 5.05. The van der Waals surface area contributed by atoms with E-state index in [0.717, 1.165) is 31.4 Å². The van der Waals surface area contributed by atoms with E-state index in [1.165, 1.54) is 18.5 Å². The summed E-state index contributed by atoms with van der Waals surface area (Å²) in [5.74, 6) is -0.131. The number of nitrogens with zero attached hydrogens (tertiary/aromatic N) is 2. The molecule has 1 aromatic heterocycles. The van der Waals surface area contributed by atoms with E-state index in [1.807, 2.05) is 0 Å². The average Bonchev–Trinajstić information content (AvgIpc) is 2.60. The van der Waals surface area contributed by atoms with Gasteiger partial charge in [0.05, 0.1) is 23.0 Å². The molecule has 1 heterocycles. The number of nitrogens with one attached hydrogen (secondary N) is 2. The molecule has 9 heteroatoms. The van der Waals surface area contributed by atoms with Crippen molar-refractivity contribution in [2.24, 2.45) is 0 Å². The number of halogens is 4. The van der Waals surface area contributed by atoms with Crippen molar-refractivity contribution in [1.29, 1.82) is 0 Å². The fourth-order valence-corrected chi connectivity index (χ4v) is 2.37. The van der Waals surface area contributed by atoms with Crippen LogP contribution in [0.4, 0.5) is 24.7 Å². The van der Waals surface area contributed by atoms with E-state index in [2.05, 4.69) is 27.5 Å². The largest absolute Gasteiger partial charge is 0.417 e. The van der Waals surface area contributed by atoms with Crippen LogP contribution >= 0.6 is 11.6 Å². The molecule has 1 amide bonds. The lowest BCUT2D eigenvalue weighted by atomic mass is 10.2. The molecule has 0 unspecified atom stereocenters. The number of carbonyl (C=O) groups is 1. The summed E-state index contributed by atoms with van der Waals surface area (Å²) >= 11 is 5.58. The summed E-state index contributed by atoms with van der Waals surface area (Å²) in [6.07, 6.45) is 0.946. The second-order valence-electron chi connectivity index (χ2n) is 5.57. The highest BCUT2D eigenvalue weighted by molar-refractivity contribution is 6.31. The monoisotopic (exact) mass is 386 g/mol. The van der Waals surface area contributed by atoms with Gasteiger partial charge in [0.15, 0.2) is 0 Å². The van der Waals surface area contributed by atoms with Crippen molar-refractivity contribution in [3.8, 4) is 0 Å². The average molecular weight is 387 g/mol. The molecule has 1 aromatic carbocycles. The Morgan fingerprint density at radius 1 is 1.19 bits per heavy atom. The van der Waals surface area contributed by atoms with E-state index in [-0.39, 0.29) is 28.1 Å². The highest BCUT2D eigenvalue weighted by atomic mass is 35.5. The van der Waals surface area contributed by atoms with Crippen molar-refractivity contribution in [3.05, 3.63) is 46.9 Å². The van der Waals surface area contributed by atoms with Gasteiger partial charge in [-0.15, -0.1) is 0 Å². The molecule has 0 saturated heterocycles. The normalized spacial score (nSPS) is 11.3. The molecule has 2 N–H and O–H groups in total. The zero-order valence-corrected chi connectivity index (χ0v) is 14.8. The van der Waals surface area contributed by atoms with Crippen LogP contribution < -0.4 is 10.6 Å². The molecule has 0 radical (unpaired) electrons. The fourth-order valence-electron chi connectivity index (χ4n) is 2.15. The summed E-state index contributed by atoms with van der Waals surface area (Å²) in [4.78, 5) is 19.9. The van der Waals surface area contributed by atoms with Crippen LogP contribution in [0, 0.1) is 0 Å². The second kappa shape index (κ2) is 8.84. The zero-order chi connectivity index (χ0) is 19.2. The molecular formula is C17H18ClF3N4O. The molecular weight excluding hydrogens is 369 g/mol. The van der Waals surface area contributed by atoms with E-state index >= 15 is 0 Å². The van der Waals surface area contributed by atoms with Crippen molar-refractivity contribution < 1.29 is 18.0 Å². The number of anilines is 2. The van der Waals surface area contributed by atoms with Gasteiger partial charge in [-0.1, -0.05) is 31.4 Å². The highest BCUT2D eigenvalue weighted by Crippen LogP contribution is 2.36. The molecule has 2 aromatic rings. The summed E-state index contributed by atoms with van der Waals surface area (Å²) in [7, 11) is 0. The molecule has 0 aliphatic heterocycles. The minimum atomic E-state index is -4.56. The Bertz CT molecular complexity index is 751. The second-order valence-corrected chi connectivity index (χ2v) is 5.97. The topological polar surface area (TPSA) is 66.9 Å². The molecule has 0 aliphatic rings. The maximum absolute atomic E-state index is 12.9. The van der Waals surface area contributed by atoms with Gasteiger partial charge in [-0.05, 0) is 24.6 Å². The van der Waals surface area contributed by atoms with Crippen molar-refractivity contribution in [2.75, 3.05) is 11.9 Å². The van der Waals surface area contributed by atoms with Gasteiger partial charge < -0.3 is 10.6 Å². The summed E-state index contributed by atoms with van der Waals surface area (Å²) in [6.45, 7) is 2.62. The van der Waals surface area contributed by atoms with Crippen LogP contribution in [0.15, 0.2) is 30.6 Å². The Morgan fingerprint density at radius 2 is 1.96 bits per heavy atom. The SMILES string of the molecule is CCCCCNC(=O)c1cnc(Nc2ccc(Cl)c(C(F)(F)F)c2)cn1. The zero-order valence-electron chi connectivity index (χ0n) is 14.0. The summed E-state index contributed by atoms with van der Waals surface area (Å²) in [5.41, 5.74) is -0.646. The number of hydrogen-bond acceptors (Lipinski definition) is 4. The number of hydrogen-bond donors (Lipinski definition) is 2. The van der Waals surface area contributed by atoms with Gasteiger partial charge in [0, 0.05) is 12.2 Å². The van der Waals surface area contributed by atoms with Crippen LogP contribution in [-0.2, 0) is 6.18 Å². The minimum Gasteiger partial charge on any atom is -0.351 e. The first kappa shape index (κ1) is 20.0. The molecule has 140 valence electrons. The standard InChI is InChI=1S/C17H18ClF3N4O/c1-2-3-4-7-22-16(26)14-9-24-15(10-23-14)25-11-5-6-13(18)12(8-11)17(19,20)21/h5-6,8-10H,2-4,7H2,1H3,(H,22,26)(H,24,25). The first-order chi connectivity index (χ1) is 12.3. The first-order valence-electron chi connectivity index (χ1n) is 8.05. The molecule has 2 rings (SSSR count). The van der Waals surface area contributed by atoms with Gasteiger partial charge >= 0.3 is 6.18 Å². The van der Waals surface area contributed by atoms with Gasteiger partial charge in [-0.2, -0.15) is 13.2 Å². The van der Waals surface area contributed by atoms with E-state index < -0.39 is 11.7 Å². The fraction of sp³-hybridized carbons (Fsp3) is 0.353. The third-order valence-corrected chi connectivity index (χ3v) is 3.82. The number of unbranched alkanes of at least 4 members (excludes halogenated alkanes) is 2. The lowest BCUT2D eigenvalue weighted by molar-refractivity contribution is -0.137. The van der Waals surface area contributed by atoms with Crippen molar-refractivity contribution >= 4 is 29.0 Å². The Labute approximate surface area is 154 Å². The lowest BCUT2D eigenvalue weighted by Gasteiger charge is -2.12. The number of rotatable bonds is 7. The maximum Gasteiger partial charge on any atom is 0.417 e. The quantitative estimate of drug-likeness (QED) is 0.670. The molecule has 0 spiro atoms. The number of alkyl halides is 3. The molecule has 0 bridgehead atoms. The molecule has 26 heavy (non-hydrogen) atoms. The maximum atomic E-state index is 12.9. The molecule has 0 fully saturated rings. The van der Waals surface area contributed by atoms with Crippen LogP contribution in [-0.4, -0.2) is 22.4 Å². The highest BCUT2D eigenvalue weighted by Gasteiger charge is 2.33. The van der Waals surface area contributed by atoms with E-state index in [0.29, 0.717) is 6.54 Å². The van der Waals surface area contributed by atoms with Crippen LogP contribution in [0.1, 0.15) is 42.2 Å². The van der Waals surface area contributed by atoms with E-state index in [9.17, 15) is 18.0 Å². The molecule has 0 atom stereocenters. The Kier molecular flexibility index (Phi) is 6.79. The van der Waals surface area contributed by atoms with Gasteiger partial charge in [-0.3, -0.25) is 4.79 Å². The van der Waals surface area contributed by atoms with E-state index in [1.54, 1.807) is 0 Å². The third kappa shape index (κ3) is 5.59. The van der Waals surface area contributed by atoms with Crippen molar-refractivity contribution in [1.82, 2.24) is 15.3 Å². The van der Waals surface area contributed by atoms with Crippen LogP contribution in [0.25, 0.3) is 0 Å².